The van der Waals surface area contributed by atoms with Crippen LogP contribution in [0.15, 0.2) is 41.8 Å². The van der Waals surface area contributed by atoms with E-state index in [0.29, 0.717) is 5.02 Å². The van der Waals surface area contributed by atoms with E-state index in [1.54, 1.807) is 13.8 Å². The van der Waals surface area contributed by atoms with Gasteiger partial charge in [0.25, 0.3) is 5.91 Å². The summed E-state index contributed by atoms with van der Waals surface area (Å²) in [6.45, 7) is 8.44. The summed E-state index contributed by atoms with van der Waals surface area (Å²) in [6, 6.07) is 4.39. The maximum Gasteiger partial charge on any atom is 0.325 e. The number of esters is 1. The van der Waals surface area contributed by atoms with Crippen molar-refractivity contribution in [3.05, 3.63) is 41.9 Å². The predicted octanol–water partition coefficient (Wildman–Crippen LogP) is 1.88. The van der Waals surface area contributed by atoms with Crippen molar-refractivity contribution in [3.8, 4) is 0 Å². The summed E-state index contributed by atoms with van der Waals surface area (Å²) < 4.78 is 32.4. The summed E-state index contributed by atoms with van der Waals surface area (Å²) >= 11 is 5.76. The molecule has 1 amide bonds. The van der Waals surface area contributed by atoms with Gasteiger partial charge in [-0.05, 0) is 37.1 Å². The fourth-order valence-electron chi connectivity index (χ4n) is 1.92. The van der Waals surface area contributed by atoms with Gasteiger partial charge in [0, 0.05) is 11.6 Å². The number of rotatable bonds is 9. The first-order valence-corrected chi connectivity index (χ1v) is 9.81. The van der Waals surface area contributed by atoms with Gasteiger partial charge in [-0.25, -0.2) is 8.42 Å². The molecule has 2 atom stereocenters. The van der Waals surface area contributed by atoms with Crippen molar-refractivity contribution in [3.63, 3.8) is 0 Å². The lowest BCUT2D eigenvalue weighted by molar-refractivity contribution is -0.157. The molecule has 1 aromatic rings. The minimum absolute atomic E-state index is 0.0304. The Kier molecular flexibility index (Phi) is 8.26. The zero-order valence-corrected chi connectivity index (χ0v) is 16.4. The highest BCUT2D eigenvalue weighted by Gasteiger charge is 2.31. The largest absolute Gasteiger partial charge is 0.451 e. The van der Waals surface area contributed by atoms with Crippen molar-refractivity contribution in [2.45, 2.75) is 37.8 Å². The molecule has 0 spiro atoms. The first-order valence-electron chi connectivity index (χ1n) is 7.95. The van der Waals surface area contributed by atoms with Crippen LogP contribution >= 0.6 is 11.6 Å². The first kappa shape index (κ1) is 22.1. The molecule has 0 fully saturated rings. The van der Waals surface area contributed by atoms with Gasteiger partial charge in [0.2, 0.25) is 10.0 Å². The Bertz CT molecular complexity index is 747. The fraction of sp³-hybridized carbons (Fsp3) is 0.412. The Morgan fingerprint density at radius 3 is 2.31 bits per heavy atom. The van der Waals surface area contributed by atoms with Crippen LogP contribution in [0.5, 0.6) is 0 Å². The van der Waals surface area contributed by atoms with Crippen molar-refractivity contribution < 1.29 is 22.7 Å². The summed E-state index contributed by atoms with van der Waals surface area (Å²) in [6.07, 6.45) is 0.424. The van der Waals surface area contributed by atoms with Crippen LogP contribution in [-0.4, -0.2) is 39.0 Å². The number of nitrogens with one attached hydrogen (secondary N) is 2. The lowest BCUT2D eigenvalue weighted by atomic mass is 10.1. The Balaban J connectivity index is 2.87. The smallest absolute Gasteiger partial charge is 0.325 e. The Morgan fingerprint density at radius 2 is 1.81 bits per heavy atom. The third-order valence-electron chi connectivity index (χ3n) is 3.41. The molecule has 9 heteroatoms. The molecule has 0 bridgehead atoms. The number of hydrogen-bond acceptors (Lipinski definition) is 5. The summed E-state index contributed by atoms with van der Waals surface area (Å²) in [7, 11) is -3.96. The molecule has 0 aliphatic carbocycles. The zero-order chi connectivity index (χ0) is 19.9. The molecule has 0 aromatic heterocycles. The summed E-state index contributed by atoms with van der Waals surface area (Å²) in [4.78, 5) is 24.1. The second-order valence-corrected chi connectivity index (χ2v) is 8.06. The van der Waals surface area contributed by atoms with E-state index >= 15 is 0 Å². The molecule has 0 heterocycles. The highest BCUT2D eigenvalue weighted by Crippen LogP contribution is 2.16. The fourth-order valence-corrected chi connectivity index (χ4v) is 3.38. The lowest BCUT2D eigenvalue weighted by Gasteiger charge is -2.22. The van der Waals surface area contributed by atoms with Crippen molar-refractivity contribution >= 4 is 33.5 Å². The van der Waals surface area contributed by atoms with Crippen LogP contribution in [0.2, 0.25) is 5.02 Å². The number of amides is 1. The van der Waals surface area contributed by atoms with Crippen LogP contribution in [0.1, 0.15) is 20.8 Å². The van der Waals surface area contributed by atoms with E-state index < -0.39 is 40.0 Å². The number of hydrogen-bond donors (Lipinski definition) is 2. The minimum Gasteiger partial charge on any atom is -0.451 e. The molecule has 1 aromatic carbocycles. The molecule has 144 valence electrons. The van der Waals surface area contributed by atoms with Gasteiger partial charge >= 0.3 is 5.97 Å². The normalized spacial score (nSPS) is 13.7. The van der Waals surface area contributed by atoms with Gasteiger partial charge in [0.15, 0.2) is 6.10 Å². The Labute approximate surface area is 158 Å². The Hall–Kier alpha value is -1.90. The summed E-state index contributed by atoms with van der Waals surface area (Å²) in [5, 5.41) is 2.89. The number of carbonyl (C=O) groups excluding carboxylic acids is 2. The van der Waals surface area contributed by atoms with Crippen molar-refractivity contribution in [1.29, 1.82) is 0 Å². The van der Waals surface area contributed by atoms with E-state index in [9.17, 15) is 18.0 Å². The molecule has 0 saturated carbocycles. The molecule has 7 nitrogen and oxygen atoms in total. The number of halogens is 1. The average molecular weight is 403 g/mol. The zero-order valence-electron chi connectivity index (χ0n) is 14.9. The SMILES string of the molecule is C=CCNC(=O)[C@@H](C)OC(=O)[C@@H](NS(=O)(=O)c1ccc(Cl)cc1)C(C)C. The van der Waals surface area contributed by atoms with E-state index in [0.717, 1.165) is 0 Å². The van der Waals surface area contributed by atoms with E-state index in [4.69, 9.17) is 16.3 Å². The molecule has 2 N–H and O–H groups in total. The number of ether oxygens (including phenoxy) is 1. The first-order chi connectivity index (χ1) is 12.1. The van der Waals surface area contributed by atoms with Gasteiger partial charge in [-0.2, -0.15) is 4.72 Å². The highest BCUT2D eigenvalue weighted by molar-refractivity contribution is 7.89. The summed E-state index contributed by atoms with van der Waals surface area (Å²) in [5.74, 6) is -1.73. The molecule has 0 radical (unpaired) electrons. The molecular formula is C17H23ClN2O5S. The third kappa shape index (κ3) is 6.44. The predicted molar refractivity (Wildman–Crippen MR) is 99.2 cm³/mol. The van der Waals surface area contributed by atoms with Crippen molar-refractivity contribution in [2.75, 3.05) is 6.54 Å². The molecule has 0 saturated heterocycles. The minimum atomic E-state index is -3.96. The maximum atomic E-state index is 12.5. The standard InChI is InChI=1S/C17H23ClN2O5S/c1-5-10-19-16(21)12(4)25-17(22)15(11(2)3)20-26(23,24)14-8-6-13(18)7-9-14/h5-9,11-12,15,20H,1,10H2,2-4H3,(H,19,21)/t12-,15+/m1/s1. The van der Waals surface area contributed by atoms with Crippen LogP contribution < -0.4 is 10.0 Å². The maximum absolute atomic E-state index is 12.5. The summed E-state index contributed by atoms with van der Waals surface area (Å²) in [5.41, 5.74) is 0. The van der Waals surface area contributed by atoms with Gasteiger partial charge < -0.3 is 10.1 Å². The number of benzene rings is 1. The third-order valence-corrected chi connectivity index (χ3v) is 5.12. The van der Waals surface area contributed by atoms with Gasteiger partial charge in [-0.3, -0.25) is 9.59 Å². The number of sulfonamides is 1. The van der Waals surface area contributed by atoms with Crippen molar-refractivity contribution in [2.24, 2.45) is 5.92 Å². The van der Waals surface area contributed by atoms with E-state index in [2.05, 4.69) is 16.6 Å². The van der Waals surface area contributed by atoms with Gasteiger partial charge in [0.05, 0.1) is 4.90 Å². The van der Waals surface area contributed by atoms with Crippen LogP contribution in [0, 0.1) is 5.92 Å². The monoisotopic (exact) mass is 402 g/mol. The second kappa shape index (κ2) is 9.70. The molecular weight excluding hydrogens is 380 g/mol. The average Bonchev–Trinajstić information content (AvgIpc) is 2.57. The van der Waals surface area contributed by atoms with Crippen LogP contribution in [-0.2, 0) is 24.3 Å². The van der Waals surface area contributed by atoms with Crippen LogP contribution in [0.4, 0.5) is 0 Å². The van der Waals surface area contributed by atoms with Crippen LogP contribution in [0.25, 0.3) is 0 Å². The molecule has 0 aliphatic heterocycles. The molecule has 0 unspecified atom stereocenters. The topological polar surface area (TPSA) is 102 Å². The van der Waals surface area contributed by atoms with E-state index in [-0.39, 0.29) is 11.4 Å². The van der Waals surface area contributed by atoms with Gasteiger partial charge in [0.1, 0.15) is 6.04 Å². The van der Waals surface area contributed by atoms with Gasteiger partial charge in [-0.15, -0.1) is 6.58 Å². The van der Waals surface area contributed by atoms with Gasteiger partial charge in [-0.1, -0.05) is 31.5 Å². The molecule has 0 aliphatic rings. The van der Waals surface area contributed by atoms with Crippen LogP contribution in [0.3, 0.4) is 0 Å². The number of carbonyl (C=O) groups is 2. The second-order valence-electron chi connectivity index (χ2n) is 5.91. The molecule has 26 heavy (non-hydrogen) atoms. The van der Waals surface area contributed by atoms with E-state index in [1.807, 2.05) is 0 Å². The quantitative estimate of drug-likeness (QED) is 0.485. The lowest BCUT2D eigenvalue weighted by Crippen LogP contribution is -2.47. The molecule has 1 rings (SSSR count). The highest BCUT2D eigenvalue weighted by atomic mass is 35.5. The Morgan fingerprint density at radius 1 is 1.23 bits per heavy atom. The van der Waals surface area contributed by atoms with E-state index in [1.165, 1.54) is 37.3 Å². The van der Waals surface area contributed by atoms with Crippen molar-refractivity contribution in [1.82, 2.24) is 10.0 Å².